The molecule has 9 heteroatoms. The molecule has 0 aliphatic heterocycles. The molecule has 0 unspecified atom stereocenters. The van der Waals surface area contributed by atoms with E-state index in [4.69, 9.17) is 0 Å². The number of hydrogen-bond acceptors (Lipinski definition) is 5. The molecule has 0 saturated carbocycles. The van der Waals surface area contributed by atoms with Gasteiger partial charge < -0.3 is 5.32 Å². The van der Waals surface area contributed by atoms with E-state index in [1.54, 1.807) is 12.1 Å². The predicted molar refractivity (Wildman–Crippen MR) is 100 cm³/mol. The molecule has 0 bridgehead atoms. The third-order valence-electron chi connectivity index (χ3n) is 3.75. The Morgan fingerprint density at radius 2 is 1.74 bits per heavy atom. The van der Waals surface area contributed by atoms with E-state index < -0.39 is 15.9 Å². The smallest absolute Gasteiger partial charge is 0.273 e. The molecule has 140 valence electrons. The molecule has 3 aromatic rings. The van der Waals surface area contributed by atoms with E-state index in [2.05, 4.69) is 20.2 Å². The van der Waals surface area contributed by atoms with E-state index in [9.17, 15) is 13.2 Å². The van der Waals surface area contributed by atoms with Gasteiger partial charge in [0.1, 0.15) is 0 Å². The second-order valence-electron chi connectivity index (χ2n) is 5.82. The van der Waals surface area contributed by atoms with Crippen LogP contribution in [0.1, 0.15) is 16.1 Å². The summed E-state index contributed by atoms with van der Waals surface area (Å²) in [7, 11) is -3.60. The van der Waals surface area contributed by atoms with Crippen molar-refractivity contribution in [3.63, 3.8) is 0 Å². The summed E-state index contributed by atoms with van der Waals surface area (Å²) in [6.45, 7) is 2.07. The molecule has 0 atom stereocenters. The Labute approximate surface area is 157 Å². The van der Waals surface area contributed by atoms with Crippen LogP contribution in [0.4, 0.5) is 0 Å². The molecule has 0 aliphatic rings. The van der Waals surface area contributed by atoms with Crippen LogP contribution < -0.4 is 10.0 Å². The largest absolute Gasteiger partial charge is 0.349 e. The number of benzene rings is 2. The van der Waals surface area contributed by atoms with E-state index in [0.29, 0.717) is 0 Å². The zero-order valence-electron chi connectivity index (χ0n) is 14.7. The van der Waals surface area contributed by atoms with Crippen LogP contribution >= 0.6 is 0 Å². The highest BCUT2D eigenvalue weighted by Gasteiger charge is 2.14. The quantitative estimate of drug-likeness (QED) is 0.596. The van der Waals surface area contributed by atoms with Crippen LogP contribution in [0.25, 0.3) is 5.69 Å². The summed E-state index contributed by atoms with van der Waals surface area (Å²) in [4.78, 5) is 13.7. The summed E-state index contributed by atoms with van der Waals surface area (Å²) in [6, 6.07) is 15.7. The lowest BCUT2D eigenvalue weighted by atomic mass is 10.2. The Bertz CT molecular complexity index is 1010. The summed E-state index contributed by atoms with van der Waals surface area (Å²) >= 11 is 0. The van der Waals surface area contributed by atoms with Gasteiger partial charge in [-0.15, -0.1) is 5.10 Å². The van der Waals surface area contributed by atoms with Crippen molar-refractivity contribution in [3.8, 4) is 5.69 Å². The zero-order chi connectivity index (χ0) is 19.3. The number of carbonyl (C=O) groups excluding carboxylic acids is 1. The number of aromatic nitrogens is 3. The van der Waals surface area contributed by atoms with E-state index in [1.807, 2.05) is 37.3 Å². The average molecular weight is 385 g/mol. The molecule has 27 heavy (non-hydrogen) atoms. The lowest BCUT2D eigenvalue weighted by molar-refractivity contribution is 0.0949. The maximum absolute atomic E-state index is 12.2. The van der Waals surface area contributed by atoms with Crippen LogP contribution in [0.3, 0.4) is 0 Å². The molecule has 0 spiro atoms. The lowest BCUT2D eigenvalue weighted by Gasteiger charge is -2.07. The fourth-order valence-corrected chi connectivity index (χ4v) is 3.34. The zero-order valence-corrected chi connectivity index (χ0v) is 15.5. The number of aryl methyl sites for hydroxylation is 1. The van der Waals surface area contributed by atoms with Crippen molar-refractivity contribution >= 4 is 15.9 Å². The van der Waals surface area contributed by atoms with Crippen molar-refractivity contribution < 1.29 is 13.2 Å². The fourth-order valence-electron chi connectivity index (χ4n) is 2.31. The molecule has 0 fully saturated rings. The van der Waals surface area contributed by atoms with Gasteiger partial charge in [0.25, 0.3) is 5.91 Å². The van der Waals surface area contributed by atoms with E-state index in [-0.39, 0.29) is 23.7 Å². The van der Waals surface area contributed by atoms with Crippen molar-refractivity contribution in [3.05, 3.63) is 72.1 Å². The number of carbonyl (C=O) groups is 1. The standard InChI is InChI=1S/C18H19N5O3S/c1-14-7-9-16(10-8-14)27(25,26)21-12-11-19-18(24)17-13-20-23(22-17)15-5-3-2-4-6-15/h2-10,13,21H,11-12H2,1H3,(H,19,24). The number of sulfonamides is 1. The Morgan fingerprint density at radius 3 is 2.44 bits per heavy atom. The third kappa shape index (κ3) is 4.78. The van der Waals surface area contributed by atoms with Crippen molar-refractivity contribution in [2.75, 3.05) is 13.1 Å². The maximum atomic E-state index is 12.2. The van der Waals surface area contributed by atoms with Gasteiger partial charge in [0.05, 0.1) is 16.8 Å². The van der Waals surface area contributed by atoms with Gasteiger partial charge in [-0.05, 0) is 31.2 Å². The van der Waals surface area contributed by atoms with Crippen molar-refractivity contribution in [1.29, 1.82) is 0 Å². The van der Waals surface area contributed by atoms with Gasteiger partial charge in [0.15, 0.2) is 5.69 Å². The number of nitrogens with one attached hydrogen (secondary N) is 2. The molecule has 0 saturated heterocycles. The number of para-hydroxylation sites is 1. The minimum absolute atomic E-state index is 0.0643. The molecule has 0 aliphatic carbocycles. The number of rotatable bonds is 7. The summed E-state index contributed by atoms with van der Waals surface area (Å²) in [6.07, 6.45) is 1.36. The molecule has 1 aromatic heterocycles. The Kier molecular flexibility index (Phi) is 5.63. The van der Waals surface area contributed by atoms with Gasteiger partial charge in [0.2, 0.25) is 10.0 Å². The number of amides is 1. The van der Waals surface area contributed by atoms with Crippen molar-refractivity contribution in [2.45, 2.75) is 11.8 Å². The molecular weight excluding hydrogens is 366 g/mol. The van der Waals surface area contributed by atoms with Crippen LogP contribution in [-0.4, -0.2) is 42.4 Å². The molecule has 8 nitrogen and oxygen atoms in total. The highest BCUT2D eigenvalue weighted by Crippen LogP contribution is 2.09. The fraction of sp³-hybridized carbons (Fsp3) is 0.167. The molecular formula is C18H19N5O3S. The van der Waals surface area contributed by atoms with Gasteiger partial charge >= 0.3 is 0 Å². The summed E-state index contributed by atoms with van der Waals surface area (Å²) in [5.41, 5.74) is 1.87. The molecule has 2 aromatic carbocycles. The van der Waals surface area contributed by atoms with Gasteiger partial charge in [-0.25, -0.2) is 13.1 Å². The molecule has 3 rings (SSSR count). The van der Waals surface area contributed by atoms with Gasteiger partial charge in [-0.2, -0.15) is 9.90 Å². The van der Waals surface area contributed by atoms with Crippen LogP contribution in [0.5, 0.6) is 0 Å². The Hall–Kier alpha value is -3.04. The monoisotopic (exact) mass is 385 g/mol. The Balaban J connectivity index is 1.51. The van der Waals surface area contributed by atoms with Gasteiger partial charge in [0, 0.05) is 13.1 Å². The van der Waals surface area contributed by atoms with Gasteiger partial charge in [-0.1, -0.05) is 35.9 Å². The van der Waals surface area contributed by atoms with Crippen molar-refractivity contribution in [2.24, 2.45) is 0 Å². The normalized spacial score (nSPS) is 11.3. The molecule has 0 radical (unpaired) electrons. The van der Waals surface area contributed by atoms with E-state index in [0.717, 1.165) is 11.3 Å². The number of hydrogen-bond donors (Lipinski definition) is 2. The summed E-state index contributed by atoms with van der Waals surface area (Å²) in [5.74, 6) is -0.424. The first kappa shape index (κ1) is 18.7. The highest BCUT2D eigenvalue weighted by atomic mass is 32.2. The predicted octanol–water partition coefficient (Wildman–Crippen LogP) is 1.28. The minimum Gasteiger partial charge on any atom is -0.349 e. The first-order valence-electron chi connectivity index (χ1n) is 8.28. The first-order valence-corrected chi connectivity index (χ1v) is 9.76. The summed E-state index contributed by atoms with van der Waals surface area (Å²) in [5, 5.41) is 10.8. The molecule has 1 amide bonds. The van der Waals surface area contributed by atoms with Crippen molar-refractivity contribution in [1.82, 2.24) is 25.0 Å². The Morgan fingerprint density at radius 1 is 1.04 bits per heavy atom. The second-order valence-corrected chi connectivity index (χ2v) is 7.59. The third-order valence-corrected chi connectivity index (χ3v) is 5.22. The lowest BCUT2D eigenvalue weighted by Crippen LogP contribution is -2.34. The van der Waals surface area contributed by atoms with Crippen LogP contribution in [0, 0.1) is 6.92 Å². The topological polar surface area (TPSA) is 106 Å². The number of nitrogens with zero attached hydrogens (tertiary/aromatic N) is 3. The van der Waals surface area contributed by atoms with Crippen LogP contribution in [0.15, 0.2) is 65.7 Å². The van der Waals surface area contributed by atoms with E-state index >= 15 is 0 Å². The van der Waals surface area contributed by atoms with Gasteiger partial charge in [-0.3, -0.25) is 4.79 Å². The van der Waals surface area contributed by atoms with E-state index in [1.165, 1.54) is 23.1 Å². The SMILES string of the molecule is Cc1ccc(S(=O)(=O)NCCNC(=O)c2cnn(-c3ccccc3)n2)cc1. The maximum Gasteiger partial charge on any atom is 0.273 e. The first-order chi connectivity index (χ1) is 13.0. The molecule has 1 heterocycles. The highest BCUT2D eigenvalue weighted by molar-refractivity contribution is 7.89. The summed E-state index contributed by atoms with van der Waals surface area (Å²) < 4.78 is 26.8. The average Bonchev–Trinajstić information content (AvgIpc) is 3.16. The van der Waals surface area contributed by atoms with Crippen LogP contribution in [-0.2, 0) is 10.0 Å². The van der Waals surface area contributed by atoms with Crippen LogP contribution in [0.2, 0.25) is 0 Å². The minimum atomic E-state index is -3.60. The second kappa shape index (κ2) is 8.11. The molecule has 2 N–H and O–H groups in total.